The van der Waals surface area contributed by atoms with Crippen molar-refractivity contribution in [3.05, 3.63) is 28.8 Å². The van der Waals surface area contributed by atoms with Crippen molar-refractivity contribution in [3.63, 3.8) is 0 Å². The van der Waals surface area contributed by atoms with Gasteiger partial charge in [-0.1, -0.05) is 37.8 Å². The predicted octanol–water partition coefficient (Wildman–Crippen LogP) is 4.59. The largest absolute Gasteiger partial charge is 0.488 e. The minimum absolute atomic E-state index is 0.260. The zero-order valence-corrected chi connectivity index (χ0v) is 13.7. The van der Waals surface area contributed by atoms with E-state index in [1.165, 1.54) is 44.1 Å². The molecule has 2 atom stereocenters. The van der Waals surface area contributed by atoms with E-state index in [-0.39, 0.29) is 6.10 Å². The normalized spacial score (nSPS) is 23.6. The molecule has 1 aromatic rings. The first-order valence-corrected chi connectivity index (χ1v) is 8.82. The van der Waals surface area contributed by atoms with E-state index in [4.69, 9.17) is 16.3 Å². The molecule has 0 bridgehead atoms. The van der Waals surface area contributed by atoms with Crippen LogP contribution in [-0.2, 0) is 6.42 Å². The molecular formula is C18H26ClNO. The smallest absolute Gasteiger partial charge is 0.123 e. The van der Waals surface area contributed by atoms with Gasteiger partial charge in [0.1, 0.15) is 11.9 Å². The molecule has 2 unspecified atom stereocenters. The van der Waals surface area contributed by atoms with Gasteiger partial charge in [0.2, 0.25) is 0 Å². The summed E-state index contributed by atoms with van der Waals surface area (Å²) in [6.07, 6.45) is 9.49. The molecule has 3 rings (SSSR count). The first-order chi connectivity index (χ1) is 10.3. The third kappa shape index (κ3) is 3.73. The second-order valence-corrected chi connectivity index (χ2v) is 6.95. The summed E-state index contributed by atoms with van der Waals surface area (Å²) >= 11 is 6.05. The van der Waals surface area contributed by atoms with Crippen LogP contribution in [0.4, 0.5) is 0 Å². The Bertz CT molecular complexity index is 470. The fourth-order valence-corrected chi connectivity index (χ4v) is 4.06. The van der Waals surface area contributed by atoms with Gasteiger partial charge >= 0.3 is 0 Å². The van der Waals surface area contributed by atoms with Gasteiger partial charge in [-0.15, -0.1) is 0 Å². The van der Waals surface area contributed by atoms with Gasteiger partial charge in [-0.3, -0.25) is 0 Å². The van der Waals surface area contributed by atoms with Gasteiger partial charge in [0, 0.05) is 24.0 Å². The molecule has 0 amide bonds. The molecule has 3 heteroatoms. The molecular weight excluding hydrogens is 282 g/mol. The van der Waals surface area contributed by atoms with Gasteiger partial charge in [-0.25, -0.2) is 0 Å². The van der Waals surface area contributed by atoms with E-state index in [2.05, 4.69) is 12.2 Å². The summed E-state index contributed by atoms with van der Waals surface area (Å²) in [5.74, 6) is 1.87. The molecule has 21 heavy (non-hydrogen) atoms. The number of hydrogen-bond acceptors (Lipinski definition) is 2. The lowest BCUT2D eigenvalue weighted by Crippen LogP contribution is -2.42. The molecule has 1 fully saturated rings. The Hall–Kier alpha value is -0.730. The summed E-state index contributed by atoms with van der Waals surface area (Å²) in [6, 6.07) is 6.60. The number of ether oxygens (including phenoxy) is 1. The summed E-state index contributed by atoms with van der Waals surface area (Å²) in [5.41, 5.74) is 1.25. The van der Waals surface area contributed by atoms with Gasteiger partial charge in [0.25, 0.3) is 0 Å². The molecule has 0 spiro atoms. The molecule has 2 nitrogen and oxygen atoms in total. The number of halogens is 1. The van der Waals surface area contributed by atoms with Gasteiger partial charge in [-0.05, 0) is 48.9 Å². The van der Waals surface area contributed by atoms with E-state index in [0.29, 0.717) is 6.04 Å². The zero-order chi connectivity index (χ0) is 14.7. The number of nitrogens with one attached hydrogen (secondary N) is 1. The summed E-state index contributed by atoms with van der Waals surface area (Å²) in [7, 11) is 0. The molecule has 0 aromatic heterocycles. The molecule has 116 valence electrons. The van der Waals surface area contributed by atoms with Crippen LogP contribution in [0.1, 0.15) is 51.0 Å². The lowest BCUT2D eigenvalue weighted by atomic mass is 9.83. The molecule has 2 aliphatic rings. The Labute approximate surface area is 133 Å². The van der Waals surface area contributed by atoms with Crippen LogP contribution in [0.3, 0.4) is 0 Å². The Morgan fingerprint density at radius 1 is 1.29 bits per heavy atom. The fourth-order valence-electron chi connectivity index (χ4n) is 3.87. The molecule has 1 aliphatic heterocycles. The van der Waals surface area contributed by atoms with Gasteiger partial charge in [0.05, 0.1) is 0 Å². The third-order valence-corrected chi connectivity index (χ3v) is 5.27. The van der Waals surface area contributed by atoms with Crippen LogP contribution < -0.4 is 10.1 Å². The highest BCUT2D eigenvalue weighted by molar-refractivity contribution is 6.30. The molecule has 1 aliphatic carbocycles. The van der Waals surface area contributed by atoms with E-state index >= 15 is 0 Å². The Morgan fingerprint density at radius 2 is 2.10 bits per heavy atom. The average Bonchev–Trinajstić information content (AvgIpc) is 2.91. The van der Waals surface area contributed by atoms with E-state index < -0.39 is 0 Å². The second-order valence-electron chi connectivity index (χ2n) is 6.52. The van der Waals surface area contributed by atoms with Crippen molar-refractivity contribution in [2.45, 2.75) is 64.0 Å². The molecule has 1 aromatic carbocycles. The fraction of sp³-hybridized carbons (Fsp3) is 0.667. The first kappa shape index (κ1) is 15.2. The topological polar surface area (TPSA) is 21.3 Å². The number of fused-ring (bicyclic) bond motifs is 1. The standard InChI is InChI=1S/C18H26ClNO/c1-2-17(13-6-4-3-5-7-13)20-12-16-11-14-10-15(19)8-9-18(14)21-16/h8-10,13,16-17,20H,2-7,11-12H2,1H3. The first-order valence-electron chi connectivity index (χ1n) is 8.44. The summed E-state index contributed by atoms with van der Waals surface area (Å²) in [5, 5.41) is 4.58. The van der Waals surface area contributed by atoms with Crippen LogP contribution in [0.2, 0.25) is 5.02 Å². The second kappa shape index (κ2) is 7.02. The molecule has 1 N–H and O–H groups in total. The van der Waals surface area contributed by atoms with E-state index in [1.54, 1.807) is 0 Å². The molecule has 1 saturated carbocycles. The third-order valence-electron chi connectivity index (χ3n) is 5.03. The number of hydrogen-bond donors (Lipinski definition) is 1. The number of rotatable bonds is 5. The summed E-state index contributed by atoms with van der Waals surface area (Å²) < 4.78 is 6.02. The van der Waals surface area contributed by atoms with Gasteiger partial charge in [-0.2, -0.15) is 0 Å². The highest BCUT2D eigenvalue weighted by Crippen LogP contribution is 2.31. The van der Waals surface area contributed by atoms with E-state index in [9.17, 15) is 0 Å². The van der Waals surface area contributed by atoms with Crippen molar-refractivity contribution in [1.29, 1.82) is 0 Å². The minimum atomic E-state index is 0.260. The Morgan fingerprint density at radius 3 is 2.86 bits per heavy atom. The quantitative estimate of drug-likeness (QED) is 0.859. The van der Waals surface area contributed by atoms with Crippen LogP contribution in [0.25, 0.3) is 0 Å². The van der Waals surface area contributed by atoms with Crippen molar-refractivity contribution < 1.29 is 4.74 Å². The maximum atomic E-state index is 6.05. The van der Waals surface area contributed by atoms with E-state index in [1.807, 2.05) is 18.2 Å². The highest BCUT2D eigenvalue weighted by atomic mass is 35.5. The Balaban J connectivity index is 1.51. The van der Waals surface area contributed by atoms with Crippen molar-refractivity contribution in [3.8, 4) is 5.75 Å². The predicted molar refractivity (Wildman–Crippen MR) is 88.2 cm³/mol. The van der Waals surface area contributed by atoms with Crippen LogP contribution in [0.15, 0.2) is 18.2 Å². The van der Waals surface area contributed by atoms with Crippen LogP contribution >= 0.6 is 11.6 Å². The summed E-state index contributed by atoms with van der Waals surface area (Å²) in [4.78, 5) is 0. The van der Waals surface area contributed by atoms with Crippen LogP contribution in [0, 0.1) is 5.92 Å². The maximum absolute atomic E-state index is 6.05. The lowest BCUT2D eigenvalue weighted by molar-refractivity contribution is 0.197. The van der Waals surface area contributed by atoms with Crippen molar-refractivity contribution >= 4 is 11.6 Å². The minimum Gasteiger partial charge on any atom is -0.488 e. The highest BCUT2D eigenvalue weighted by Gasteiger charge is 2.26. The summed E-state index contributed by atoms with van der Waals surface area (Å²) in [6.45, 7) is 3.25. The molecule has 1 heterocycles. The van der Waals surface area contributed by atoms with E-state index in [0.717, 1.165) is 29.7 Å². The molecule has 0 saturated heterocycles. The van der Waals surface area contributed by atoms with Crippen molar-refractivity contribution in [1.82, 2.24) is 5.32 Å². The zero-order valence-electron chi connectivity index (χ0n) is 12.9. The van der Waals surface area contributed by atoms with Crippen molar-refractivity contribution in [2.24, 2.45) is 5.92 Å². The monoisotopic (exact) mass is 307 g/mol. The number of benzene rings is 1. The average molecular weight is 308 g/mol. The van der Waals surface area contributed by atoms with Crippen LogP contribution in [0.5, 0.6) is 5.75 Å². The van der Waals surface area contributed by atoms with Gasteiger partial charge in [0.15, 0.2) is 0 Å². The van der Waals surface area contributed by atoms with Crippen molar-refractivity contribution in [2.75, 3.05) is 6.54 Å². The van der Waals surface area contributed by atoms with Gasteiger partial charge < -0.3 is 10.1 Å². The Kier molecular flexibility index (Phi) is 5.07. The SMILES string of the molecule is CCC(NCC1Cc2cc(Cl)ccc2O1)C1CCCCC1. The molecule has 0 radical (unpaired) electrons. The van der Waals surface area contributed by atoms with Crippen LogP contribution in [-0.4, -0.2) is 18.7 Å². The lowest BCUT2D eigenvalue weighted by Gasteiger charge is -2.31. The maximum Gasteiger partial charge on any atom is 0.123 e.